The number of imidazole rings is 1. The molecule has 0 atom stereocenters. The fraction of sp³-hybridized carbons (Fsp3) is 0.391. The number of piperazine rings is 1. The number of non-ortho nitro benzene ring substituents is 1. The number of nitrogens with zero attached hydrogens (tertiary/aromatic N) is 5. The molecule has 2 heterocycles. The van der Waals surface area contributed by atoms with Gasteiger partial charge in [-0.3, -0.25) is 19.8 Å². The molecule has 1 fully saturated rings. The van der Waals surface area contributed by atoms with Crippen molar-refractivity contribution in [1.82, 2.24) is 19.4 Å². The molecule has 9 nitrogen and oxygen atoms in total. The predicted octanol–water partition coefficient (Wildman–Crippen LogP) is 3.53. The summed E-state index contributed by atoms with van der Waals surface area (Å²) in [4.78, 5) is 32.6. The van der Waals surface area contributed by atoms with Gasteiger partial charge in [-0.1, -0.05) is 0 Å². The van der Waals surface area contributed by atoms with Gasteiger partial charge in [0.2, 0.25) is 0 Å². The number of fused-ring (bicyclic) bond motifs is 1. The lowest BCUT2D eigenvalue weighted by molar-refractivity contribution is -0.384. The van der Waals surface area contributed by atoms with Gasteiger partial charge in [0.15, 0.2) is 0 Å². The summed E-state index contributed by atoms with van der Waals surface area (Å²) in [6, 6.07) is 11.6. The molecule has 168 valence electrons. The first-order chi connectivity index (χ1) is 15.3. The first-order valence-electron chi connectivity index (χ1n) is 10.8. The molecule has 0 spiro atoms. The Bertz CT molecular complexity index is 1130. The summed E-state index contributed by atoms with van der Waals surface area (Å²) in [6.45, 7) is 9.26. The van der Waals surface area contributed by atoms with Crippen LogP contribution in [0.5, 0.6) is 0 Å². The number of aromatic nitrogens is 2. The van der Waals surface area contributed by atoms with Crippen molar-refractivity contribution < 1.29 is 9.72 Å². The molecular weight excluding hydrogens is 408 g/mol. The fourth-order valence-electron chi connectivity index (χ4n) is 4.06. The molecule has 1 saturated heterocycles. The van der Waals surface area contributed by atoms with Gasteiger partial charge in [0.1, 0.15) is 5.82 Å². The van der Waals surface area contributed by atoms with E-state index in [9.17, 15) is 14.9 Å². The molecule has 1 aliphatic heterocycles. The van der Waals surface area contributed by atoms with Crippen molar-refractivity contribution >= 4 is 28.3 Å². The Labute approximate surface area is 186 Å². The van der Waals surface area contributed by atoms with Gasteiger partial charge in [-0.2, -0.15) is 0 Å². The Morgan fingerprint density at radius 3 is 2.44 bits per heavy atom. The zero-order chi connectivity index (χ0) is 22.8. The maximum atomic E-state index is 12.6. The molecule has 0 aliphatic carbocycles. The SMILES string of the molecule is CC(C)n1c(CN2CCN(C)CC2)nc2cc(NC(=O)c3ccc([N+](=O)[O-])cc3)ccc21. The highest BCUT2D eigenvalue weighted by molar-refractivity contribution is 6.05. The molecule has 1 amide bonds. The van der Waals surface area contributed by atoms with Crippen molar-refractivity contribution in [2.75, 3.05) is 38.5 Å². The van der Waals surface area contributed by atoms with Crippen molar-refractivity contribution in [2.45, 2.75) is 26.4 Å². The Balaban J connectivity index is 1.55. The van der Waals surface area contributed by atoms with Crippen molar-refractivity contribution in [3.8, 4) is 0 Å². The summed E-state index contributed by atoms with van der Waals surface area (Å²) < 4.78 is 2.26. The van der Waals surface area contributed by atoms with Gasteiger partial charge in [0.25, 0.3) is 11.6 Å². The summed E-state index contributed by atoms with van der Waals surface area (Å²) in [7, 11) is 2.15. The standard InChI is InChI=1S/C23H28N6O3/c1-16(2)28-21-9-6-18(24-23(30)17-4-7-19(8-5-17)29(31)32)14-20(21)25-22(28)15-27-12-10-26(3)11-13-27/h4-9,14,16H,10-13,15H2,1-3H3,(H,24,30). The van der Waals surface area contributed by atoms with Gasteiger partial charge in [-0.25, -0.2) is 4.98 Å². The molecule has 32 heavy (non-hydrogen) atoms. The third kappa shape index (κ3) is 4.63. The van der Waals surface area contributed by atoms with Crippen LogP contribution in [0.2, 0.25) is 0 Å². The molecule has 0 bridgehead atoms. The van der Waals surface area contributed by atoms with Gasteiger partial charge in [0.05, 0.1) is 22.5 Å². The minimum Gasteiger partial charge on any atom is -0.324 e. The van der Waals surface area contributed by atoms with E-state index in [4.69, 9.17) is 4.98 Å². The van der Waals surface area contributed by atoms with E-state index in [1.165, 1.54) is 24.3 Å². The van der Waals surface area contributed by atoms with Gasteiger partial charge >= 0.3 is 0 Å². The van der Waals surface area contributed by atoms with Crippen LogP contribution in [0.15, 0.2) is 42.5 Å². The molecule has 3 aromatic rings. The molecule has 9 heteroatoms. The van der Waals surface area contributed by atoms with Crippen LogP contribution in [-0.2, 0) is 6.54 Å². The third-order valence-electron chi connectivity index (χ3n) is 5.84. The summed E-state index contributed by atoms with van der Waals surface area (Å²) in [5.41, 5.74) is 2.83. The second-order valence-corrected chi connectivity index (χ2v) is 8.53. The van der Waals surface area contributed by atoms with E-state index in [1.807, 2.05) is 18.2 Å². The number of anilines is 1. The molecule has 1 N–H and O–H groups in total. The van der Waals surface area contributed by atoms with Crippen LogP contribution in [0.1, 0.15) is 36.1 Å². The van der Waals surface area contributed by atoms with Crippen molar-refractivity contribution in [2.24, 2.45) is 0 Å². The lowest BCUT2D eigenvalue weighted by Crippen LogP contribution is -2.44. The van der Waals surface area contributed by atoms with E-state index >= 15 is 0 Å². The van der Waals surface area contributed by atoms with Crippen LogP contribution in [0.25, 0.3) is 11.0 Å². The fourth-order valence-corrected chi connectivity index (χ4v) is 4.06. The number of nitrogens with one attached hydrogen (secondary N) is 1. The van der Waals surface area contributed by atoms with Crippen LogP contribution in [-0.4, -0.2) is 63.4 Å². The zero-order valence-electron chi connectivity index (χ0n) is 18.6. The maximum Gasteiger partial charge on any atom is 0.269 e. The van der Waals surface area contributed by atoms with Gasteiger partial charge in [-0.05, 0) is 51.2 Å². The number of rotatable bonds is 6. The number of likely N-dealkylation sites (N-methyl/N-ethyl adjacent to an activating group) is 1. The van der Waals surface area contributed by atoms with E-state index in [0.29, 0.717) is 11.3 Å². The molecule has 0 radical (unpaired) electrons. The van der Waals surface area contributed by atoms with E-state index in [2.05, 4.69) is 40.6 Å². The average Bonchev–Trinajstić information content (AvgIpc) is 3.12. The molecule has 1 aromatic heterocycles. The van der Waals surface area contributed by atoms with Crippen LogP contribution >= 0.6 is 0 Å². The minimum atomic E-state index is -0.486. The number of nitro groups is 1. The number of carbonyl (C=O) groups is 1. The Kier molecular flexibility index (Phi) is 6.20. The number of hydrogen-bond donors (Lipinski definition) is 1. The van der Waals surface area contributed by atoms with Crippen LogP contribution in [0.3, 0.4) is 0 Å². The van der Waals surface area contributed by atoms with E-state index in [-0.39, 0.29) is 17.6 Å². The molecule has 2 aromatic carbocycles. The molecule has 0 unspecified atom stereocenters. The Hall–Kier alpha value is -3.30. The highest BCUT2D eigenvalue weighted by Gasteiger charge is 2.20. The maximum absolute atomic E-state index is 12.6. The topological polar surface area (TPSA) is 96.5 Å². The van der Waals surface area contributed by atoms with Crippen LogP contribution in [0.4, 0.5) is 11.4 Å². The van der Waals surface area contributed by atoms with E-state index < -0.39 is 4.92 Å². The second kappa shape index (κ2) is 9.05. The minimum absolute atomic E-state index is 0.0462. The molecule has 4 rings (SSSR count). The van der Waals surface area contributed by atoms with Gasteiger partial charge in [-0.15, -0.1) is 0 Å². The predicted molar refractivity (Wildman–Crippen MR) is 124 cm³/mol. The van der Waals surface area contributed by atoms with Gasteiger partial charge < -0.3 is 14.8 Å². The first kappa shape index (κ1) is 21.9. The monoisotopic (exact) mass is 436 g/mol. The van der Waals surface area contributed by atoms with Crippen molar-refractivity contribution in [1.29, 1.82) is 0 Å². The normalized spacial score (nSPS) is 15.4. The number of nitro benzene ring substituents is 1. The number of amides is 1. The van der Waals surface area contributed by atoms with Crippen LogP contribution in [0, 0.1) is 10.1 Å². The molecule has 0 saturated carbocycles. The van der Waals surface area contributed by atoms with Crippen molar-refractivity contribution in [3.05, 3.63) is 64.0 Å². The average molecular weight is 437 g/mol. The third-order valence-corrected chi connectivity index (χ3v) is 5.84. The van der Waals surface area contributed by atoms with E-state index in [0.717, 1.165) is 49.6 Å². The van der Waals surface area contributed by atoms with Crippen molar-refractivity contribution in [3.63, 3.8) is 0 Å². The zero-order valence-corrected chi connectivity index (χ0v) is 18.6. The number of hydrogen-bond acceptors (Lipinski definition) is 6. The molecule has 1 aliphatic rings. The lowest BCUT2D eigenvalue weighted by Gasteiger charge is -2.32. The highest BCUT2D eigenvalue weighted by atomic mass is 16.6. The number of benzene rings is 2. The summed E-state index contributed by atoms with van der Waals surface area (Å²) in [5, 5.41) is 13.7. The lowest BCUT2D eigenvalue weighted by atomic mass is 10.2. The Morgan fingerprint density at radius 1 is 1.12 bits per heavy atom. The van der Waals surface area contributed by atoms with Crippen LogP contribution < -0.4 is 5.32 Å². The Morgan fingerprint density at radius 2 is 1.81 bits per heavy atom. The first-order valence-corrected chi connectivity index (χ1v) is 10.8. The van der Waals surface area contributed by atoms with E-state index in [1.54, 1.807) is 0 Å². The highest BCUT2D eigenvalue weighted by Crippen LogP contribution is 2.25. The smallest absolute Gasteiger partial charge is 0.269 e. The number of carbonyl (C=O) groups excluding carboxylic acids is 1. The summed E-state index contributed by atoms with van der Waals surface area (Å²) in [6.07, 6.45) is 0. The summed E-state index contributed by atoms with van der Waals surface area (Å²) in [5.74, 6) is 0.707. The van der Waals surface area contributed by atoms with Gasteiger partial charge in [0, 0.05) is 55.6 Å². The largest absolute Gasteiger partial charge is 0.324 e. The quantitative estimate of drug-likeness (QED) is 0.469. The molecular formula is C23H28N6O3. The summed E-state index contributed by atoms with van der Waals surface area (Å²) >= 11 is 0. The second-order valence-electron chi connectivity index (χ2n) is 8.53.